The van der Waals surface area contributed by atoms with Gasteiger partial charge in [-0.3, -0.25) is 0 Å². The first-order valence-corrected chi connectivity index (χ1v) is 0. The summed E-state index contributed by atoms with van der Waals surface area (Å²) in [5, 5.41) is 0. The van der Waals surface area contributed by atoms with E-state index in [1.165, 1.54) is 0 Å². The third-order valence-electron chi connectivity index (χ3n) is 0. The van der Waals surface area contributed by atoms with Crippen molar-refractivity contribution < 1.29 is 115 Å². The summed E-state index contributed by atoms with van der Waals surface area (Å²) >= 11 is 0. The van der Waals surface area contributed by atoms with Crippen LogP contribution in [0.1, 0.15) is 0 Å². The summed E-state index contributed by atoms with van der Waals surface area (Å²) in [4.78, 5) is 0. The molecule has 0 rings (SSSR count). The standard InChI is InChI=1S/Nb.Sc.Ti.V.Zr. The van der Waals surface area contributed by atoms with E-state index in [2.05, 4.69) is 0 Å². The Balaban J connectivity index is 0. The monoisotopic (exact) mass is 327 g/mol. The second-order valence-electron chi connectivity index (χ2n) is 0. The van der Waals surface area contributed by atoms with E-state index in [0.717, 1.165) is 0 Å². The predicted molar refractivity (Wildman–Crippen MR) is 0 cm³/mol. The molecule has 3 radical (unpaired) electrons. The van der Waals surface area contributed by atoms with Crippen LogP contribution in [-0.4, -0.2) is 0 Å². The van der Waals surface area contributed by atoms with Gasteiger partial charge >= 0.3 is 0 Å². The molecule has 0 spiro atoms. The predicted octanol–water partition coefficient (Wildman–Crippen LogP) is -0.0125. The van der Waals surface area contributed by atoms with Gasteiger partial charge in [0.15, 0.2) is 0 Å². The maximum Gasteiger partial charge on any atom is 0 e. The van der Waals surface area contributed by atoms with Crippen LogP contribution in [0, 0.1) is 0 Å². The van der Waals surface area contributed by atoms with Gasteiger partial charge in [-0.05, 0) is 0 Å². The van der Waals surface area contributed by atoms with E-state index in [9.17, 15) is 0 Å². The topological polar surface area (TPSA) is 0 Å². The summed E-state index contributed by atoms with van der Waals surface area (Å²) in [7, 11) is 0. The van der Waals surface area contributed by atoms with Gasteiger partial charge in [0.25, 0.3) is 0 Å². The molecule has 0 aliphatic heterocycles. The summed E-state index contributed by atoms with van der Waals surface area (Å²) in [6.45, 7) is 0. The van der Waals surface area contributed by atoms with Crippen LogP contribution in [0.4, 0.5) is 0 Å². The zero-order chi connectivity index (χ0) is 0. The van der Waals surface area contributed by atoms with Crippen LogP contribution in [0.15, 0.2) is 0 Å². The molecule has 0 fully saturated rings. The molecule has 0 aromatic carbocycles. The molecule has 0 aromatic heterocycles. The fourth-order valence-electron chi connectivity index (χ4n) is 0. The molecular formula is NbScTiVZr. The van der Waals surface area contributed by atoms with E-state index in [1.807, 2.05) is 0 Å². The fraction of sp³-hybridized carbons (Fsp3) is 0. The van der Waals surface area contributed by atoms with Crippen LogP contribution >= 0.6 is 0 Å². The average molecular weight is 328 g/mol. The zero-order valence-corrected chi connectivity index (χ0v) is 11.9. The fourth-order valence-corrected chi connectivity index (χ4v) is 0. The molecule has 0 bridgehead atoms. The molecule has 5 heteroatoms. The first-order chi connectivity index (χ1) is 0. The van der Waals surface area contributed by atoms with Crippen molar-refractivity contribution in [2.75, 3.05) is 0 Å². The zero-order valence-electron chi connectivity index (χ0n) is 2.47. The van der Waals surface area contributed by atoms with E-state index in [1.54, 1.807) is 0 Å². The molecule has 0 N–H and O–H groups in total. The molecule has 0 amide bonds. The minimum atomic E-state index is 0. The van der Waals surface area contributed by atoms with Gasteiger partial charge in [-0.15, -0.1) is 0 Å². The van der Waals surface area contributed by atoms with Crippen molar-refractivity contribution in [3.05, 3.63) is 0 Å². The Hall–Kier alpha value is 3.79. The van der Waals surface area contributed by atoms with Gasteiger partial charge < -0.3 is 0 Å². The minimum Gasteiger partial charge on any atom is 0 e. The maximum absolute atomic E-state index is 0. The van der Waals surface area contributed by atoms with Crippen LogP contribution in [0.5, 0.6) is 0 Å². The Morgan fingerprint density at radius 2 is 1.00 bits per heavy atom. The summed E-state index contributed by atoms with van der Waals surface area (Å²) in [5.74, 6) is 0. The Labute approximate surface area is 112 Å². The molecule has 5 heavy (non-hydrogen) atoms. The molecule has 0 heterocycles. The normalized spacial score (nSPS) is 0. The van der Waals surface area contributed by atoms with Crippen molar-refractivity contribution in [2.45, 2.75) is 0 Å². The first-order valence-electron chi connectivity index (χ1n) is 0. The van der Waals surface area contributed by atoms with Crippen molar-refractivity contribution in [2.24, 2.45) is 0 Å². The molecular weight excluding hydrogens is 328 g/mol. The molecule has 0 unspecified atom stereocenters. The number of hydrogen-bond acceptors (Lipinski definition) is 0. The van der Waals surface area contributed by atoms with E-state index in [4.69, 9.17) is 0 Å². The molecule has 0 aromatic rings. The molecule has 0 nitrogen and oxygen atoms in total. The Morgan fingerprint density at radius 1 is 1.00 bits per heavy atom. The summed E-state index contributed by atoms with van der Waals surface area (Å²) in [6, 6.07) is 0. The smallest absolute Gasteiger partial charge is 0 e. The van der Waals surface area contributed by atoms with Crippen molar-refractivity contribution in [1.82, 2.24) is 0 Å². The van der Waals surface area contributed by atoms with Crippen molar-refractivity contribution in [3.63, 3.8) is 0 Å². The molecule has 21 valence electrons. The Bertz CT molecular complexity index is 11.6. The van der Waals surface area contributed by atoms with Crippen LogP contribution < -0.4 is 0 Å². The quantitative estimate of drug-likeness (QED) is 0.549. The van der Waals surface area contributed by atoms with Crippen molar-refractivity contribution in [3.8, 4) is 0 Å². The summed E-state index contributed by atoms with van der Waals surface area (Å²) in [5.41, 5.74) is 0. The molecule has 0 saturated carbocycles. The Morgan fingerprint density at radius 3 is 1.00 bits per heavy atom. The molecule has 0 atom stereocenters. The van der Waals surface area contributed by atoms with Gasteiger partial charge in [-0.25, -0.2) is 0 Å². The first kappa shape index (κ1) is 37.1. The van der Waals surface area contributed by atoms with E-state index >= 15 is 0 Å². The molecule has 0 aliphatic carbocycles. The summed E-state index contributed by atoms with van der Waals surface area (Å²) < 4.78 is 0. The average Bonchev–Trinajstić information content (AvgIpc) is 0. The Kier molecular flexibility index (Phi) is 186. The van der Waals surface area contributed by atoms with Crippen LogP contribution in [0.25, 0.3) is 0 Å². The van der Waals surface area contributed by atoms with Gasteiger partial charge in [-0.1, -0.05) is 0 Å². The van der Waals surface area contributed by atoms with Crippen molar-refractivity contribution in [1.29, 1.82) is 0 Å². The van der Waals surface area contributed by atoms with Crippen LogP contribution in [-0.2, 0) is 115 Å². The third kappa shape index (κ3) is 18.2. The molecule has 0 aliphatic rings. The summed E-state index contributed by atoms with van der Waals surface area (Å²) in [6.07, 6.45) is 0. The number of rotatable bonds is 0. The molecule has 0 saturated heterocycles. The van der Waals surface area contributed by atoms with Gasteiger partial charge in [0, 0.05) is 115 Å². The number of hydrogen-bond donors (Lipinski definition) is 0. The van der Waals surface area contributed by atoms with Gasteiger partial charge in [0.1, 0.15) is 0 Å². The van der Waals surface area contributed by atoms with Gasteiger partial charge in [0.05, 0.1) is 0 Å². The van der Waals surface area contributed by atoms with E-state index < -0.39 is 0 Å². The minimum absolute atomic E-state index is 0. The second-order valence-corrected chi connectivity index (χ2v) is 0. The van der Waals surface area contributed by atoms with Gasteiger partial charge in [-0.2, -0.15) is 0 Å². The van der Waals surface area contributed by atoms with E-state index in [-0.39, 0.29) is 115 Å². The SMILES string of the molecule is [Nb].[Sc].[Ti].[V].[Zr]. The largest absolute Gasteiger partial charge is 0 e. The third-order valence-corrected chi connectivity index (χ3v) is 0. The second kappa shape index (κ2) is 25.0. The van der Waals surface area contributed by atoms with E-state index in [0.29, 0.717) is 0 Å². The van der Waals surface area contributed by atoms with Crippen LogP contribution in [0.3, 0.4) is 0 Å². The van der Waals surface area contributed by atoms with Crippen molar-refractivity contribution >= 4 is 0 Å². The van der Waals surface area contributed by atoms with Gasteiger partial charge in [0.2, 0.25) is 0 Å². The maximum atomic E-state index is 0. The van der Waals surface area contributed by atoms with Crippen LogP contribution in [0.2, 0.25) is 0 Å².